The highest BCUT2D eigenvalue weighted by Crippen LogP contribution is 2.35. The summed E-state index contributed by atoms with van der Waals surface area (Å²) in [5.41, 5.74) is 0. The maximum absolute atomic E-state index is 12.1. The van der Waals surface area contributed by atoms with Gasteiger partial charge in [0.05, 0.1) is 0 Å². The second-order valence-electron chi connectivity index (χ2n) is 6.37. The molecule has 1 aliphatic carbocycles. The van der Waals surface area contributed by atoms with Crippen molar-refractivity contribution in [3.63, 3.8) is 0 Å². The highest BCUT2D eigenvalue weighted by atomic mass is 31.2. The second-order valence-corrected chi connectivity index (χ2v) is 9.59. The van der Waals surface area contributed by atoms with Crippen molar-refractivity contribution < 1.29 is 4.57 Å². The van der Waals surface area contributed by atoms with E-state index in [1.54, 1.807) is 6.20 Å². The van der Waals surface area contributed by atoms with E-state index < -0.39 is 7.14 Å². The molecule has 1 aromatic rings. The van der Waals surface area contributed by atoms with Gasteiger partial charge in [0.1, 0.15) is 13.0 Å². The zero-order valence-electron chi connectivity index (χ0n) is 12.9. The van der Waals surface area contributed by atoms with Gasteiger partial charge in [0, 0.05) is 17.5 Å². The van der Waals surface area contributed by atoms with E-state index in [0.29, 0.717) is 6.04 Å². The molecule has 1 heterocycles. The Balaban J connectivity index is 2.01. The van der Waals surface area contributed by atoms with Gasteiger partial charge in [-0.05, 0) is 50.6 Å². The molecule has 1 aliphatic rings. The molecule has 0 aliphatic heterocycles. The molecule has 0 amide bonds. The van der Waals surface area contributed by atoms with Crippen molar-refractivity contribution in [2.24, 2.45) is 5.92 Å². The minimum atomic E-state index is -2.20. The summed E-state index contributed by atoms with van der Waals surface area (Å²) in [6.45, 7) is 5.91. The number of rotatable bonds is 4. The van der Waals surface area contributed by atoms with E-state index in [9.17, 15) is 4.57 Å². The van der Waals surface area contributed by atoms with Crippen LogP contribution in [0.25, 0.3) is 0 Å². The maximum Gasteiger partial charge on any atom is 0.126 e. The van der Waals surface area contributed by atoms with Crippen molar-refractivity contribution in [2.75, 3.05) is 18.6 Å². The number of anilines is 1. The SMILES string of the molecule is CCC1CCCC(Nc2cc(P(C)(C)=O)ccn2)CC1. The van der Waals surface area contributed by atoms with E-state index in [2.05, 4.69) is 17.2 Å². The number of hydrogen-bond donors (Lipinski definition) is 1. The van der Waals surface area contributed by atoms with Crippen LogP contribution in [0.5, 0.6) is 0 Å². The Morgan fingerprint density at radius 3 is 2.80 bits per heavy atom. The Labute approximate surface area is 122 Å². The van der Waals surface area contributed by atoms with Gasteiger partial charge in [-0.2, -0.15) is 0 Å². The molecule has 0 aromatic carbocycles. The Kier molecular flexibility index (Phi) is 5.26. The standard InChI is InChI=1S/C16H27N2OP/c1-4-13-6-5-7-14(9-8-13)18-16-12-15(10-11-17-16)20(2,3)19/h10-14H,4-9H2,1-3H3,(H,17,18). The Morgan fingerprint density at radius 2 is 2.10 bits per heavy atom. The van der Waals surface area contributed by atoms with Crippen LogP contribution in [-0.4, -0.2) is 24.4 Å². The van der Waals surface area contributed by atoms with Crippen LogP contribution in [0.15, 0.2) is 18.3 Å². The highest BCUT2D eigenvalue weighted by Gasteiger charge is 2.18. The van der Waals surface area contributed by atoms with Crippen LogP contribution < -0.4 is 10.6 Å². The molecule has 2 atom stereocenters. The summed E-state index contributed by atoms with van der Waals surface area (Å²) in [7, 11) is -2.20. The first-order chi connectivity index (χ1) is 9.49. The summed E-state index contributed by atoms with van der Waals surface area (Å²) >= 11 is 0. The molecule has 0 bridgehead atoms. The lowest BCUT2D eigenvalue weighted by molar-refractivity contribution is 0.444. The van der Waals surface area contributed by atoms with E-state index in [1.165, 1.54) is 38.5 Å². The zero-order chi connectivity index (χ0) is 14.6. The molecule has 2 rings (SSSR count). The Bertz CT molecular complexity index is 483. The molecule has 3 nitrogen and oxygen atoms in total. The minimum absolute atomic E-state index is 0.516. The van der Waals surface area contributed by atoms with Gasteiger partial charge < -0.3 is 9.88 Å². The van der Waals surface area contributed by atoms with E-state index in [0.717, 1.165) is 17.0 Å². The Hall–Kier alpha value is -0.820. The second kappa shape index (κ2) is 6.76. The molecular formula is C16H27N2OP. The van der Waals surface area contributed by atoms with Crippen LogP contribution in [0.3, 0.4) is 0 Å². The summed E-state index contributed by atoms with van der Waals surface area (Å²) in [5.74, 6) is 1.78. The summed E-state index contributed by atoms with van der Waals surface area (Å²) in [6, 6.07) is 4.34. The molecule has 4 heteroatoms. The number of nitrogens with zero attached hydrogens (tertiary/aromatic N) is 1. The van der Waals surface area contributed by atoms with E-state index in [4.69, 9.17) is 0 Å². The molecule has 112 valence electrons. The Morgan fingerprint density at radius 1 is 1.30 bits per heavy atom. The fourth-order valence-electron chi connectivity index (χ4n) is 2.97. The van der Waals surface area contributed by atoms with Crippen molar-refractivity contribution in [3.05, 3.63) is 18.3 Å². The first-order valence-corrected chi connectivity index (χ1v) is 10.4. The van der Waals surface area contributed by atoms with Gasteiger partial charge in [-0.3, -0.25) is 0 Å². The highest BCUT2D eigenvalue weighted by molar-refractivity contribution is 7.70. The van der Waals surface area contributed by atoms with Crippen LogP contribution in [-0.2, 0) is 4.57 Å². The van der Waals surface area contributed by atoms with Crippen molar-refractivity contribution >= 4 is 18.3 Å². The lowest BCUT2D eigenvalue weighted by atomic mass is 9.98. The molecule has 20 heavy (non-hydrogen) atoms. The molecule has 1 fully saturated rings. The smallest absolute Gasteiger partial charge is 0.126 e. The van der Waals surface area contributed by atoms with E-state index in [-0.39, 0.29) is 0 Å². The molecule has 0 saturated heterocycles. The minimum Gasteiger partial charge on any atom is -0.367 e. The third-order valence-corrected chi connectivity index (χ3v) is 5.90. The van der Waals surface area contributed by atoms with Gasteiger partial charge in [0.2, 0.25) is 0 Å². The van der Waals surface area contributed by atoms with Crippen LogP contribution in [0, 0.1) is 5.92 Å². The monoisotopic (exact) mass is 294 g/mol. The van der Waals surface area contributed by atoms with Gasteiger partial charge in [-0.15, -0.1) is 0 Å². The fraction of sp³-hybridized carbons (Fsp3) is 0.688. The van der Waals surface area contributed by atoms with Crippen LogP contribution in [0.4, 0.5) is 5.82 Å². The molecule has 1 aromatic heterocycles. The normalized spacial score (nSPS) is 24.1. The summed E-state index contributed by atoms with van der Waals surface area (Å²) < 4.78 is 12.1. The third kappa shape index (κ3) is 4.34. The summed E-state index contributed by atoms with van der Waals surface area (Å²) in [6.07, 6.45) is 9.49. The van der Waals surface area contributed by atoms with Crippen molar-refractivity contribution in [3.8, 4) is 0 Å². The fourth-order valence-corrected chi connectivity index (χ4v) is 3.83. The topological polar surface area (TPSA) is 42.0 Å². The van der Waals surface area contributed by atoms with Gasteiger partial charge in [-0.1, -0.05) is 26.2 Å². The predicted molar refractivity (Wildman–Crippen MR) is 87.6 cm³/mol. The predicted octanol–water partition coefficient (Wildman–Crippen LogP) is 4.10. The first kappa shape index (κ1) is 15.6. The molecule has 1 saturated carbocycles. The largest absolute Gasteiger partial charge is 0.367 e. The quantitative estimate of drug-likeness (QED) is 0.671. The van der Waals surface area contributed by atoms with Crippen LogP contribution in [0.2, 0.25) is 0 Å². The molecule has 1 N–H and O–H groups in total. The number of hydrogen-bond acceptors (Lipinski definition) is 3. The third-order valence-electron chi connectivity index (χ3n) is 4.38. The van der Waals surface area contributed by atoms with Gasteiger partial charge in [0.15, 0.2) is 0 Å². The summed E-state index contributed by atoms with van der Waals surface area (Å²) in [4.78, 5) is 4.38. The average Bonchev–Trinajstić information content (AvgIpc) is 2.63. The van der Waals surface area contributed by atoms with Crippen LogP contribution in [0.1, 0.15) is 45.4 Å². The van der Waals surface area contributed by atoms with Gasteiger partial charge in [-0.25, -0.2) is 4.98 Å². The molecule has 2 unspecified atom stereocenters. The lowest BCUT2D eigenvalue weighted by Crippen LogP contribution is -2.20. The first-order valence-electron chi connectivity index (χ1n) is 7.77. The maximum atomic E-state index is 12.1. The van der Waals surface area contributed by atoms with Crippen LogP contribution >= 0.6 is 7.14 Å². The summed E-state index contributed by atoms with van der Waals surface area (Å²) in [5, 5.41) is 4.46. The van der Waals surface area contributed by atoms with Gasteiger partial charge in [0.25, 0.3) is 0 Å². The molecular weight excluding hydrogens is 267 g/mol. The number of nitrogens with one attached hydrogen (secondary N) is 1. The van der Waals surface area contributed by atoms with Crippen molar-refractivity contribution in [2.45, 2.75) is 51.5 Å². The van der Waals surface area contributed by atoms with Crippen molar-refractivity contribution in [1.82, 2.24) is 4.98 Å². The lowest BCUT2D eigenvalue weighted by Gasteiger charge is -2.18. The molecule has 0 radical (unpaired) electrons. The average molecular weight is 294 g/mol. The number of aromatic nitrogens is 1. The molecule has 0 spiro atoms. The van der Waals surface area contributed by atoms with E-state index in [1.807, 2.05) is 25.5 Å². The van der Waals surface area contributed by atoms with Gasteiger partial charge >= 0.3 is 0 Å². The van der Waals surface area contributed by atoms with Crippen molar-refractivity contribution in [1.29, 1.82) is 0 Å². The zero-order valence-corrected chi connectivity index (χ0v) is 13.8. The number of pyridine rings is 1. The van der Waals surface area contributed by atoms with E-state index >= 15 is 0 Å².